The first-order valence-corrected chi connectivity index (χ1v) is 16.2. The first-order chi connectivity index (χ1) is 22.8. The van der Waals surface area contributed by atoms with Crippen molar-refractivity contribution < 1.29 is 4.42 Å². The Morgan fingerprint density at radius 2 is 1.17 bits per heavy atom. The minimum atomic E-state index is -0.427. The highest BCUT2D eigenvalue weighted by molar-refractivity contribution is 6.05. The van der Waals surface area contributed by atoms with Gasteiger partial charge in [0.25, 0.3) is 0 Å². The summed E-state index contributed by atoms with van der Waals surface area (Å²) in [6, 6.07) is 60.5. The summed E-state index contributed by atoms with van der Waals surface area (Å²) < 4.78 is 6.22. The van der Waals surface area contributed by atoms with E-state index in [4.69, 9.17) is 4.42 Å². The molecule has 0 bridgehead atoms. The molecule has 7 aromatic carbocycles. The normalized spacial score (nSPS) is 15.7. The van der Waals surface area contributed by atoms with Gasteiger partial charge >= 0.3 is 0 Å². The summed E-state index contributed by atoms with van der Waals surface area (Å²) in [6.07, 6.45) is 0.905. The molecule has 0 aliphatic heterocycles. The van der Waals surface area contributed by atoms with Gasteiger partial charge in [-0.3, -0.25) is 0 Å². The number of rotatable bonds is 3. The van der Waals surface area contributed by atoms with E-state index in [2.05, 4.69) is 158 Å². The Balaban J connectivity index is 1.28. The van der Waals surface area contributed by atoms with Gasteiger partial charge in [-0.1, -0.05) is 146 Å². The van der Waals surface area contributed by atoms with Crippen molar-refractivity contribution in [1.82, 2.24) is 0 Å². The Morgan fingerprint density at radius 3 is 2.00 bits per heavy atom. The van der Waals surface area contributed by atoms with Gasteiger partial charge in [0.2, 0.25) is 0 Å². The molecule has 1 nitrogen and oxygen atoms in total. The van der Waals surface area contributed by atoms with Crippen molar-refractivity contribution in [3.8, 4) is 11.1 Å². The summed E-state index contributed by atoms with van der Waals surface area (Å²) in [4.78, 5) is 0. The van der Waals surface area contributed by atoms with Crippen molar-refractivity contribution in [2.45, 2.75) is 17.8 Å². The molecule has 8 aromatic rings. The van der Waals surface area contributed by atoms with Crippen LogP contribution < -0.4 is 0 Å². The first kappa shape index (κ1) is 25.6. The van der Waals surface area contributed by atoms with Crippen LogP contribution in [0.1, 0.15) is 56.0 Å². The third kappa shape index (κ3) is 3.40. The van der Waals surface area contributed by atoms with Gasteiger partial charge in [-0.2, -0.15) is 0 Å². The maximum atomic E-state index is 6.22. The zero-order chi connectivity index (χ0) is 30.2. The van der Waals surface area contributed by atoms with Crippen LogP contribution >= 0.6 is 0 Å². The lowest BCUT2D eigenvalue weighted by atomic mass is 9.59. The lowest BCUT2D eigenvalue weighted by Gasteiger charge is -2.43. The first-order valence-electron chi connectivity index (χ1n) is 16.2. The predicted octanol–water partition coefficient (Wildman–Crippen LogP) is 11.0. The van der Waals surface area contributed by atoms with E-state index in [1.54, 1.807) is 0 Å². The maximum Gasteiger partial charge on any atom is 0.135 e. The van der Waals surface area contributed by atoms with E-state index in [1.807, 2.05) is 6.07 Å². The molecule has 1 heterocycles. The second-order valence-electron chi connectivity index (χ2n) is 12.7. The van der Waals surface area contributed by atoms with Gasteiger partial charge in [-0.15, -0.1) is 0 Å². The van der Waals surface area contributed by atoms with Crippen molar-refractivity contribution in [3.63, 3.8) is 0 Å². The van der Waals surface area contributed by atoms with Gasteiger partial charge in [0.15, 0.2) is 0 Å². The third-order valence-electron chi connectivity index (χ3n) is 10.5. The van der Waals surface area contributed by atoms with Crippen molar-refractivity contribution in [1.29, 1.82) is 0 Å². The van der Waals surface area contributed by atoms with E-state index in [1.165, 1.54) is 72.0 Å². The predicted molar refractivity (Wildman–Crippen MR) is 188 cm³/mol. The van der Waals surface area contributed by atoms with Crippen molar-refractivity contribution >= 4 is 21.9 Å². The van der Waals surface area contributed by atoms with Crippen LogP contribution in [0.5, 0.6) is 0 Å². The van der Waals surface area contributed by atoms with Crippen LogP contribution in [-0.4, -0.2) is 0 Å². The quantitative estimate of drug-likeness (QED) is 0.201. The summed E-state index contributed by atoms with van der Waals surface area (Å²) >= 11 is 0. The Kier molecular flexibility index (Phi) is 5.39. The Morgan fingerprint density at radius 1 is 0.500 bits per heavy atom. The highest BCUT2D eigenvalue weighted by Crippen LogP contribution is 2.57. The molecule has 0 fully saturated rings. The molecule has 0 spiro atoms. The molecule has 1 heteroatoms. The fourth-order valence-electron chi connectivity index (χ4n) is 8.73. The monoisotopic (exact) mass is 586 g/mol. The maximum absolute atomic E-state index is 6.22. The zero-order valence-electron chi connectivity index (χ0n) is 25.3. The van der Waals surface area contributed by atoms with Crippen LogP contribution in [0.2, 0.25) is 0 Å². The van der Waals surface area contributed by atoms with E-state index >= 15 is 0 Å². The second kappa shape index (κ2) is 9.67. The van der Waals surface area contributed by atoms with Gasteiger partial charge < -0.3 is 4.42 Å². The minimum Gasteiger partial charge on any atom is -0.456 e. The van der Waals surface area contributed by atoms with Gasteiger partial charge in [0, 0.05) is 16.7 Å². The van der Waals surface area contributed by atoms with Crippen LogP contribution in [0.3, 0.4) is 0 Å². The highest BCUT2D eigenvalue weighted by atomic mass is 16.3. The van der Waals surface area contributed by atoms with Crippen LogP contribution in [-0.2, 0) is 11.8 Å². The van der Waals surface area contributed by atoms with Crippen molar-refractivity contribution in [3.05, 3.63) is 214 Å². The highest BCUT2D eigenvalue weighted by Gasteiger charge is 2.46. The second-order valence-corrected chi connectivity index (χ2v) is 12.7. The van der Waals surface area contributed by atoms with Crippen LogP contribution in [0.25, 0.3) is 33.1 Å². The number of furan rings is 1. The van der Waals surface area contributed by atoms with E-state index in [0.717, 1.165) is 17.6 Å². The average Bonchev–Trinajstić information content (AvgIpc) is 3.67. The molecule has 0 saturated carbocycles. The molecule has 46 heavy (non-hydrogen) atoms. The molecule has 0 N–H and O–H groups in total. The fourth-order valence-corrected chi connectivity index (χ4v) is 8.73. The van der Waals surface area contributed by atoms with Gasteiger partial charge in [-0.05, 0) is 85.8 Å². The number of hydrogen-bond donors (Lipinski definition) is 0. The van der Waals surface area contributed by atoms with Gasteiger partial charge in [0.05, 0.1) is 5.41 Å². The molecule has 0 radical (unpaired) electrons. The molecular formula is C45H30O. The van der Waals surface area contributed by atoms with Gasteiger partial charge in [-0.25, -0.2) is 0 Å². The number of para-hydroxylation sites is 1. The number of hydrogen-bond acceptors (Lipinski definition) is 1. The van der Waals surface area contributed by atoms with E-state index < -0.39 is 5.41 Å². The molecule has 10 rings (SSSR count). The van der Waals surface area contributed by atoms with E-state index in [9.17, 15) is 0 Å². The van der Waals surface area contributed by atoms with E-state index in [-0.39, 0.29) is 5.92 Å². The lowest BCUT2D eigenvalue weighted by molar-refractivity contribution is 0.668. The minimum absolute atomic E-state index is 0.148. The molecule has 2 aliphatic rings. The van der Waals surface area contributed by atoms with E-state index in [0.29, 0.717) is 0 Å². The standard InChI is InChI=1S/C45H30O/c1-3-14-31(15-4-1)45(32-16-5-2-6-17-32)39-21-11-7-13-29(39)27-38-40(45)25-24-36-43(34-19-8-9-20-35(34)44(36)38)30-23-26-42-37(28-30)33-18-10-12-22-41(33)46-42/h1-26,28,43H,27H2. The van der Waals surface area contributed by atoms with Crippen molar-refractivity contribution in [2.24, 2.45) is 0 Å². The SMILES string of the molecule is c1ccc(C2(c3ccccc3)c3ccccc3Cc3c2ccc2c3-c3ccccc3C2c2ccc3oc4ccccc4c3c2)cc1. The number of fused-ring (bicyclic) bond motifs is 9. The summed E-state index contributed by atoms with van der Waals surface area (Å²) in [5.74, 6) is 0.148. The van der Waals surface area contributed by atoms with Crippen LogP contribution in [0.4, 0.5) is 0 Å². The summed E-state index contributed by atoms with van der Waals surface area (Å²) in [5.41, 5.74) is 16.5. The molecule has 1 unspecified atom stereocenters. The van der Waals surface area contributed by atoms with Gasteiger partial charge in [0.1, 0.15) is 11.2 Å². The Hall–Kier alpha value is -5.66. The summed E-state index contributed by atoms with van der Waals surface area (Å²) in [5, 5.41) is 2.35. The van der Waals surface area contributed by atoms with Crippen LogP contribution in [0, 0.1) is 0 Å². The molecular weight excluding hydrogens is 556 g/mol. The molecule has 0 amide bonds. The average molecular weight is 587 g/mol. The molecule has 216 valence electrons. The largest absolute Gasteiger partial charge is 0.456 e. The van der Waals surface area contributed by atoms with Crippen molar-refractivity contribution in [2.75, 3.05) is 0 Å². The molecule has 1 aromatic heterocycles. The van der Waals surface area contributed by atoms with Crippen LogP contribution in [0.15, 0.2) is 168 Å². The molecule has 0 saturated heterocycles. The number of benzene rings is 7. The topological polar surface area (TPSA) is 13.1 Å². The molecule has 1 atom stereocenters. The summed E-state index contributed by atoms with van der Waals surface area (Å²) in [6.45, 7) is 0. The Bertz CT molecular complexity index is 2410. The lowest BCUT2D eigenvalue weighted by Crippen LogP contribution is -2.36. The fraction of sp³-hybridized carbons (Fsp3) is 0.0667. The summed E-state index contributed by atoms with van der Waals surface area (Å²) in [7, 11) is 0. The smallest absolute Gasteiger partial charge is 0.135 e. The zero-order valence-corrected chi connectivity index (χ0v) is 25.3. The molecule has 2 aliphatic carbocycles. The third-order valence-corrected chi connectivity index (χ3v) is 10.5. The Labute approximate surface area is 268 Å².